The van der Waals surface area contributed by atoms with E-state index in [1.165, 1.54) is 12.1 Å². The van der Waals surface area contributed by atoms with Gasteiger partial charge in [0.25, 0.3) is 0 Å². The summed E-state index contributed by atoms with van der Waals surface area (Å²) in [6.07, 6.45) is 2.20. The minimum atomic E-state index is -0.301. The lowest BCUT2D eigenvalue weighted by Crippen LogP contribution is -2.24. The number of anilines is 1. The molecule has 1 N–H and O–H groups in total. The van der Waals surface area contributed by atoms with Crippen LogP contribution in [0.4, 0.5) is 10.2 Å². The highest BCUT2D eigenvalue weighted by atomic mass is 32.1. The standard InChI is InChI=1S/C16H12FN3OS/c17-10-3-5-11(6-4-10)20-16-13(9-18-20)12(8-15(21)19-16)14-2-1-7-22-14/h1-7,9,12H,8H2,(H,19,21). The van der Waals surface area contributed by atoms with Crippen LogP contribution < -0.4 is 5.32 Å². The molecule has 0 spiro atoms. The molecule has 3 aromatic rings. The van der Waals surface area contributed by atoms with Crippen molar-refractivity contribution in [3.05, 3.63) is 64.2 Å². The number of benzene rings is 1. The van der Waals surface area contributed by atoms with Crippen molar-refractivity contribution >= 4 is 23.1 Å². The molecule has 1 amide bonds. The molecule has 0 saturated heterocycles. The van der Waals surface area contributed by atoms with E-state index in [2.05, 4.69) is 10.4 Å². The molecule has 0 radical (unpaired) electrons. The van der Waals surface area contributed by atoms with Gasteiger partial charge in [0, 0.05) is 22.8 Å². The molecule has 4 rings (SSSR count). The zero-order valence-corrected chi connectivity index (χ0v) is 12.3. The molecule has 6 heteroatoms. The van der Waals surface area contributed by atoms with Crippen LogP contribution in [0.25, 0.3) is 5.69 Å². The highest BCUT2D eigenvalue weighted by molar-refractivity contribution is 7.10. The number of hydrogen-bond acceptors (Lipinski definition) is 3. The van der Waals surface area contributed by atoms with Gasteiger partial charge in [0.2, 0.25) is 5.91 Å². The summed E-state index contributed by atoms with van der Waals surface area (Å²) >= 11 is 1.64. The van der Waals surface area contributed by atoms with Gasteiger partial charge in [-0.05, 0) is 35.7 Å². The Hall–Kier alpha value is -2.47. The summed E-state index contributed by atoms with van der Waals surface area (Å²) < 4.78 is 14.7. The first-order chi connectivity index (χ1) is 10.7. The first kappa shape index (κ1) is 13.2. The predicted octanol–water partition coefficient (Wildman–Crippen LogP) is 3.55. The van der Waals surface area contributed by atoms with Crippen molar-refractivity contribution in [2.45, 2.75) is 12.3 Å². The van der Waals surface area contributed by atoms with Crippen LogP contribution in [0.1, 0.15) is 22.8 Å². The van der Waals surface area contributed by atoms with Gasteiger partial charge >= 0.3 is 0 Å². The van der Waals surface area contributed by atoms with Crippen LogP contribution in [-0.4, -0.2) is 15.7 Å². The zero-order chi connectivity index (χ0) is 15.1. The molecule has 1 aliphatic heterocycles. The van der Waals surface area contributed by atoms with Crippen molar-refractivity contribution in [3.8, 4) is 5.69 Å². The largest absolute Gasteiger partial charge is 0.310 e. The number of rotatable bonds is 2. The maximum absolute atomic E-state index is 13.1. The van der Waals surface area contributed by atoms with Crippen molar-refractivity contribution < 1.29 is 9.18 Å². The van der Waals surface area contributed by atoms with Crippen molar-refractivity contribution in [2.24, 2.45) is 0 Å². The van der Waals surface area contributed by atoms with Gasteiger partial charge in [0.05, 0.1) is 11.9 Å². The molecule has 1 aromatic carbocycles. The molecule has 0 fully saturated rings. The highest BCUT2D eigenvalue weighted by Gasteiger charge is 2.30. The minimum absolute atomic E-state index is 0.0259. The van der Waals surface area contributed by atoms with Gasteiger partial charge in [-0.2, -0.15) is 5.10 Å². The van der Waals surface area contributed by atoms with Gasteiger partial charge in [-0.3, -0.25) is 4.79 Å². The lowest BCUT2D eigenvalue weighted by molar-refractivity contribution is -0.116. The normalized spacial score (nSPS) is 17.1. The number of hydrogen-bond donors (Lipinski definition) is 1. The quantitative estimate of drug-likeness (QED) is 0.786. The van der Waals surface area contributed by atoms with Gasteiger partial charge in [-0.25, -0.2) is 9.07 Å². The number of aromatic nitrogens is 2. The fraction of sp³-hybridized carbons (Fsp3) is 0.125. The maximum Gasteiger partial charge on any atom is 0.226 e. The van der Waals surface area contributed by atoms with Crippen LogP contribution in [0, 0.1) is 5.82 Å². The van der Waals surface area contributed by atoms with Crippen LogP contribution in [-0.2, 0) is 4.79 Å². The lowest BCUT2D eigenvalue weighted by Gasteiger charge is -2.22. The van der Waals surface area contributed by atoms with Crippen LogP contribution in [0.3, 0.4) is 0 Å². The predicted molar refractivity (Wildman–Crippen MR) is 82.9 cm³/mol. The summed E-state index contributed by atoms with van der Waals surface area (Å²) in [6.45, 7) is 0. The lowest BCUT2D eigenvalue weighted by atomic mass is 9.93. The Morgan fingerprint density at radius 3 is 2.82 bits per heavy atom. The Bertz CT molecular complexity index is 824. The molecule has 0 saturated carbocycles. The van der Waals surface area contributed by atoms with Crippen molar-refractivity contribution in [3.63, 3.8) is 0 Å². The Morgan fingerprint density at radius 1 is 1.27 bits per heavy atom. The average molecular weight is 313 g/mol. The van der Waals surface area contributed by atoms with Gasteiger partial charge in [-0.15, -0.1) is 11.3 Å². The zero-order valence-electron chi connectivity index (χ0n) is 11.5. The first-order valence-electron chi connectivity index (χ1n) is 6.89. The van der Waals surface area contributed by atoms with E-state index in [0.29, 0.717) is 12.2 Å². The fourth-order valence-corrected chi connectivity index (χ4v) is 3.59. The topological polar surface area (TPSA) is 46.9 Å². The van der Waals surface area contributed by atoms with Crippen LogP contribution in [0.5, 0.6) is 0 Å². The average Bonchev–Trinajstić information content (AvgIpc) is 3.16. The molecule has 22 heavy (non-hydrogen) atoms. The fourth-order valence-electron chi connectivity index (χ4n) is 2.74. The van der Waals surface area contributed by atoms with Gasteiger partial charge in [-0.1, -0.05) is 6.07 Å². The van der Waals surface area contributed by atoms with E-state index in [4.69, 9.17) is 0 Å². The Balaban J connectivity index is 1.82. The minimum Gasteiger partial charge on any atom is -0.310 e. The maximum atomic E-state index is 13.1. The van der Waals surface area contributed by atoms with E-state index < -0.39 is 0 Å². The molecule has 0 bridgehead atoms. The number of fused-ring (bicyclic) bond motifs is 1. The summed E-state index contributed by atoms with van der Waals surface area (Å²) in [5, 5.41) is 9.27. The molecule has 3 heterocycles. The molecule has 4 nitrogen and oxygen atoms in total. The molecule has 1 unspecified atom stereocenters. The summed E-state index contributed by atoms with van der Waals surface area (Å²) in [7, 11) is 0. The molecular weight excluding hydrogens is 301 g/mol. The summed E-state index contributed by atoms with van der Waals surface area (Å²) in [5.74, 6) is 0.360. The van der Waals surface area contributed by atoms with E-state index in [1.807, 2.05) is 17.5 Å². The van der Waals surface area contributed by atoms with Gasteiger partial charge in [0.1, 0.15) is 11.6 Å². The number of carbonyl (C=O) groups is 1. The molecule has 2 aromatic heterocycles. The van der Waals surface area contributed by atoms with E-state index in [1.54, 1.807) is 34.3 Å². The molecule has 110 valence electrons. The van der Waals surface area contributed by atoms with E-state index >= 15 is 0 Å². The number of halogens is 1. The summed E-state index contributed by atoms with van der Waals surface area (Å²) in [4.78, 5) is 13.2. The van der Waals surface area contributed by atoms with E-state index in [9.17, 15) is 9.18 Å². The third-order valence-electron chi connectivity index (χ3n) is 3.78. The second kappa shape index (κ2) is 5.06. The number of carbonyl (C=O) groups excluding carboxylic acids is 1. The molecule has 0 aliphatic carbocycles. The Kier molecular flexibility index (Phi) is 3.04. The number of nitrogens with zero attached hydrogens (tertiary/aromatic N) is 2. The summed E-state index contributed by atoms with van der Waals surface area (Å²) in [5.41, 5.74) is 1.71. The molecular formula is C16H12FN3OS. The van der Waals surface area contributed by atoms with Crippen molar-refractivity contribution in [2.75, 3.05) is 5.32 Å². The van der Waals surface area contributed by atoms with Crippen molar-refractivity contribution in [1.29, 1.82) is 0 Å². The number of nitrogens with one attached hydrogen (secondary N) is 1. The van der Waals surface area contributed by atoms with E-state index in [0.717, 1.165) is 16.1 Å². The first-order valence-corrected chi connectivity index (χ1v) is 7.77. The van der Waals surface area contributed by atoms with Gasteiger partial charge in [0.15, 0.2) is 0 Å². The Morgan fingerprint density at radius 2 is 2.09 bits per heavy atom. The van der Waals surface area contributed by atoms with Crippen LogP contribution in [0.2, 0.25) is 0 Å². The molecule has 1 atom stereocenters. The SMILES string of the molecule is O=C1CC(c2cccs2)c2cnn(-c3ccc(F)cc3)c2N1. The summed E-state index contributed by atoms with van der Waals surface area (Å²) in [6, 6.07) is 10.1. The Labute approximate surface area is 130 Å². The van der Waals surface area contributed by atoms with Gasteiger partial charge < -0.3 is 5.32 Å². The molecule has 1 aliphatic rings. The third kappa shape index (κ3) is 2.12. The highest BCUT2D eigenvalue weighted by Crippen LogP contribution is 2.39. The van der Waals surface area contributed by atoms with Crippen LogP contribution >= 0.6 is 11.3 Å². The third-order valence-corrected chi connectivity index (χ3v) is 4.76. The van der Waals surface area contributed by atoms with Crippen LogP contribution in [0.15, 0.2) is 48.0 Å². The smallest absolute Gasteiger partial charge is 0.226 e. The number of amides is 1. The second-order valence-corrected chi connectivity index (χ2v) is 6.14. The van der Waals surface area contributed by atoms with Crippen molar-refractivity contribution in [1.82, 2.24) is 9.78 Å². The van der Waals surface area contributed by atoms with E-state index in [-0.39, 0.29) is 17.6 Å². The second-order valence-electron chi connectivity index (χ2n) is 5.16. The number of thiophene rings is 1. The monoisotopic (exact) mass is 313 g/mol.